The molecule has 5 heteroatoms. The average molecular weight is 285 g/mol. The van der Waals surface area contributed by atoms with Gasteiger partial charge in [-0.2, -0.15) is 0 Å². The molecule has 0 radical (unpaired) electrons. The van der Waals surface area contributed by atoms with Gasteiger partial charge in [-0.1, -0.05) is 0 Å². The third-order valence-corrected chi connectivity index (χ3v) is 4.30. The molecule has 21 heavy (non-hydrogen) atoms. The van der Waals surface area contributed by atoms with Crippen LogP contribution in [0, 0.1) is 6.92 Å². The van der Waals surface area contributed by atoms with Crippen molar-refractivity contribution in [2.24, 2.45) is 0 Å². The summed E-state index contributed by atoms with van der Waals surface area (Å²) >= 11 is 0. The number of hydrogen-bond donors (Lipinski definition) is 1. The first-order valence-corrected chi connectivity index (χ1v) is 7.64. The number of amides is 1. The van der Waals surface area contributed by atoms with Crippen LogP contribution in [0.5, 0.6) is 0 Å². The molecule has 1 saturated heterocycles. The maximum atomic E-state index is 12.4. The summed E-state index contributed by atoms with van der Waals surface area (Å²) in [5.74, 6) is 1.89. The van der Waals surface area contributed by atoms with E-state index in [1.807, 2.05) is 19.1 Å². The van der Waals surface area contributed by atoms with E-state index in [4.69, 9.17) is 4.42 Å². The van der Waals surface area contributed by atoms with E-state index in [-0.39, 0.29) is 11.9 Å². The molecule has 2 aromatic rings. The Bertz CT molecular complexity index is 690. The zero-order valence-corrected chi connectivity index (χ0v) is 12.1. The number of nitrogens with one attached hydrogen (secondary N) is 1. The van der Waals surface area contributed by atoms with Gasteiger partial charge in [0.2, 0.25) is 5.91 Å². The highest BCUT2D eigenvalue weighted by Gasteiger charge is 2.35. The molecule has 0 bridgehead atoms. The first kappa shape index (κ1) is 12.7. The number of nitrogens with zero attached hydrogens (tertiary/aromatic N) is 2. The van der Waals surface area contributed by atoms with Crippen molar-refractivity contribution in [3.05, 3.63) is 24.1 Å². The first-order chi connectivity index (χ1) is 10.2. The number of rotatable bonds is 3. The SMILES string of the molecule is Cc1cc2c(N3CCC[C@H]3C(=O)NC3CC3)nccc2o1. The van der Waals surface area contributed by atoms with Crippen molar-refractivity contribution in [1.82, 2.24) is 10.3 Å². The molecule has 0 unspecified atom stereocenters. The van der Waals surface area contributed by atoms with Gasteiger partial charge in [0.05, 0.1) is 5.39 Å². The summed E-state index contributed by atoms with van der Waals surface area (Å²) in [5.41, 5.74) is 0.839. The molecule has 110 valence electrons. The lowest BCUT2D eigenvalue weighted by Crippen LogP contribution is -2.44. The standard InChI is InChI=1S/C16H19N3O2/c1-10-9-12-14(21-10)6-7-17-15(12)19-8-2-3-13(19)16(20)18-11-4-5-11/h6-7,9,11,13H,2-5,8H2,1H3,(H,18,20)/t13-/m0/s1. The highest BCUT2D eigenvalue weighted by Crippen LogP contribution is 2.32. The van der Waals surface area contributed by atoms with Crippen LogP contribution in [-0.4, -0.2) is 29.5 Å². The van der Waals surface area contributed by atoms with E-state index < -0.39 is 0 Å². The Hall–Kier alpha value is -2.04. The fourth-order valence-corrected chi connectivity index (χ4v) is 3.12. The van der Waals surface area contributed by atoms with E-state index in [0.717, 1.165) is 54.8 Å². The Kier molecular flexibility index (Phi) is 2.87. The van der Waals surface area contributed by atoms with Crippen LogP contribution in [-0.2, 0) is 4.79 Å². The third kappa shape index (κ3) is 2.26. The minimum Gasteiger partial charge on any atom is -0.461 e. The van der Waals surface area contributed by atoms with E-state index in [2.05, 4.69) is 15.2 Å². The number of carbonyl (C=O) groups excluding carboxylic acids is 1. The molecule has 1 atom stereocenters. The average Bonchev–Trinajstić information content (AvgIpc) is 3.01. The van der Waals surface area contributed by atoms with Crippen LogP contribution < -0.4 is 10.2 Å². The van der Waals surface area contributed by atoms with Crippen LogP contribution in [0.25, 0.3) is 11.0 Å². The lowest BCUT2D eigenvalue weighted by molar-refractivity contribution is -0.122. The number of carbonyl (C=O) groups is 1. The summed E-state index contributed by atoms with van der Waals surface area (Å²) in [7, 11) is 0. The number of anilines is 1. The van der Waals surface area contributed by atoms with Crippen molar-refractivity contribution in [2.45, 2.75) is 44.7 Å². The van der Waals surface area contributed by atoms with E-state index in [1.54, 1.807) is 6.20 Å². The van der Waals surface area contributed by atoms with Gasteiger partial charge in [-0.3, -0.25) is 4.79 Å². The second-order valence-corrected chi connectivity index (χ2v) is 6.04. The minimum absolute atomic E-state index is 0.0982. The second kappa shape index (κ2) is 4.76. The molecular weight excluding hydrogens is 266 g/mol. The highest BCUT2D eigenvalue weighted by atomic mass is 16.3. The van der Waals surface area contributed by atoms with Crippen molar-refractivity contribution in [1.29, 1.82) is 0 Å². The number of pyridine rings is 1. The van der Waals surface area contributed by atoms with Crippen molar-refractivity contribution < 1.29 is 9.21 Å². The topological polar surface area (TPSA) is 58.4 Å². The number of aryl methyl sites for hydroxylation is 1. The molecule has 3 heterocycles. The Balaban J connectivity index is 1.67. The fourth-order valence-electron chi connectivity index (χ4n) is 3.12. The molecule has 1 amide bonds. The van der Waals surface area contributed by atoms with Gasteiger partial charge in [0.1, 0.15) is 23.2 Å². The van der Waals surface area contributed by atoms with Gasteiger partial charge in [-0.15, -0.1) is 0 Å². The smallest absolute Gasteiger partial charge is 0.242 e. The van der Waals surface area contributed by atoms with Crippen molar-refractivity contribution in [3.8, 4) is 0 Å². The van der Waals surface area contributed by atoms with Crippen LogP contribution in [0.3, 0.4) is 0 Å². The summed E-state index contributed by atoms with van der Waals surface area (Å²) in [4.78, 5) is 19.1. The predicted octanol–water partition coefficient (Wildman–Crippen LogP) is 2.38. The molecule has 2 fully saturated rings. The molecule has 1 N–H and O–H groups in total. The van der Waals surface area contributed by atoms with Gasteiger partial charge in [-0.05, 0) is 44.7 Å². The maximum Gasteiger partial charge on any atom is 0.242 e. The molecule has 4 rings (SSSR count). The number of fused-ring (bicyclic) bond motifs is 1. The summed E-state index contributed by atoms with van der Waals surface area (Å²) in [6.45, 7) is 2.81. The highest BCUT2D eigenvalue weighted by molar-refractivity contribution is 5.93. The summed E-state index contributed by atoms with van der Waals surface area (Å²) in [6, 6.07) is 4.19. The van der Waals surface area contributed by atoms with Gasteiger partial charge in [0, 0.05) is 18.8 Å². The van der Waals surface area contributed by atoms with Gasteiger partial charge in [0.25, 0.3) is 0 Å². The van der Waals surface area contributed by atoms with Crippen LogP contribution in [0.2, 0.25) is 0 Å². The normalized spacial score (nSPS) is 22.0. The second-order valence-electron chi connectivity index (χ2n) is 6.04. The molecule has 5 nitrogen and oxygen atoms in total. The lowest BCUT2D eigenvalue weighted by atomic mass is 10.2. The predicted molar refractivity (Wildman–Crippen MR) is 80.3 cm³/mol. The molecule has 0 aromatic carbocycles. The molecule has 2 aromatic heterocycles. The third-order valence-electron chi connectivity index (χ3n) is 4.30. The zero-order chi connectivity index (χ0) is 14.4. The molecule has 1 aliphatic carbocycles. The van der Waals surface area contributed by atoms with E-state index in [0.29, 0.717) is 6.04 Å². The first-order valence-electron chi connectivity index (χ1n) is 7.64. The largest absolute Gasteiger partial charge is 0.461 e. The van der Waals surface area contributed by atoms with Crippen molar-refractivity contribution in [3.63, 3.8) is 0 Å². The van der Waals surface area contributed by atoms with Crippen LogP contribution in [0.4, 0.5) is 5.82 Å². The summed E-state index contributed by atoms with van der Waals surface area (Å²) in [5, 5.41) is 4.12. The van der Waals surface area contributed by atoms with Gasteiger partial charge >= 0.3 is 0 Å². The summed E-state index contributed by atoms with van der Waals surface area (Å²) in [6.07, 6.45) is 5.92. The van der Waals surface area contributed by atoms with Gasteiger partial charge in [-0.25, -0.2) is 4.98 Å². The Morgan fingerprint density at radius 1 is 1.43 bits per heavy atom. The molecular formula is C16H19N3O2. The number of aromatic nitrogens is 1. The van der Waals surface area contributed by atoms with E-state index >= 15 is 0 Å². The molecule has 1 saturated carbocycles. The Labute approximate surface area is 123 Å². The van der Waals surface area contributed by atoms with Crippen LogP contribution >= 0.6 is 0 Å². The maximum absolute atomic E-state index is 12.4. The quantitative estimate of drug-likeness (QED) is 0.940. The molecule has 2 aliphatic rings. The van der Waals surface area contributed by atoms with Crippen LogP contribution in [0.15, 0.2) is 22.7 Å². The number of furan rings is 1. The number of hydrogen-bond acceptors (Lipinski definition) is 4. The van der Waals surface area contributed by atoms with Crippen molar-refractivity contribution in [2.75, 3.05) is 11.4 Å². The van der Waals surface area contributed by atoms with Gasteiger partial charge < -0.3 is 14.6 Å². The van der Waals surface area contributed by atoms with E-state index in [1.165, 1.54) is 0 Å². The fraction of sp³-hybridized carbons (Fsp3) is 0.500. The van der Waals surface area contributed by atoms with Crippen LogP contribution in [0.1, 0.15) is 31.4 Å². The minimum atomic E-state index is -0.0982. The molecule has 0 spiro atoms. The zero-order valence-electron chi connectivity index (χ0n) is 12.1. The van der Waals surface area contributed by atoms with E-state index in [9.17, 15) is 4.79 Å². The molecule has 1 aliphatic heterocycles. The van der Waals surface area contributed by atoms with Crippen molar-refractivity contribution >= 4 is 22.7 Å². The Morgan fingerprint density at radius 2 is 2.29 bits per heavy atom. The monoisotopic (exact) mass is 285 g/mol. The summed E-state index contributed by atoms with van der Waals surface area (Å²) < 4.78 is 5.67. The van der Waals surface area contributed by atoms with Gasteiger partial charge in [0.15, 0.2) is 0 Å². The lowest BCUT2D eigenvalue weighted by Gasteiger charge is -2.25. The Morgan fingerprint density at radius 3 is 3.10 bits per heavy atom.